The van der Waals surface area contributed by atoms with Crippen molar-refractivity contribution in [1.82, 2.24) is 4.90 Å². The van der Waals surface area contributed by atoms with Gasteiger partial charge in [0.1, 0.15) is 0 Å². The lowest BCUT2D eigenvalue weighted by molar-refractivity contribution is -0.384. The van der Waals surface area contributed by atoms with E-state index in [1.807, 2.05) is 0 Å². The van der Waals surface area contributed by atoms with Gasteiger partial charge in [-0.05, 0) is 12.1 Å². The molecule has 0 aromatic heterocycles. The van der Waals surface area contributed by atoms with Gasteiger partial charge in [-0.15, -0.1) is 0 Å². The summed E-state index contributed by atoms with van der Waals surface area (Å²) in [4.78, 5) is 34.4. The normalized spacial score (nSPS) is 17.8. The molecule has 2 rings (SSSR count). The van der Waals surface area contributed by atoms with E-state index in [1.165, 1.54) is 12.1 Å². The summed E-state index contributed by atoms with van der Waals surface area (Å²) >= 11 is 0. The predicted molar refractivity (Wildman–Crippen MR) is 75.5 cm³/mol. The minimum Gasteiger partial charge on any atom is -0.383 e. The van der Waals surface area contributed by atoms with Gasteiger partial charge in [0, 0.05) is 43.9 Å². The van der Waals surface area contributed by atoms with E-state index in [2.05, 4.69) is 5.32 Å². The van der Waals surface area contributed by atoms with Gasteiger partial charge < -0.3 is 16.0 Å². The number of amides is 2. The Morgan fingerprint density at radius 2 is 2.10 bits per heavy atom. The molecule has 1 aliphatic rings. The molecular formula is C13H16N4O4. The fourth-order valence-corrected chi connectivity index (χ4v) is 2.22. The Morgan fingerprint density at radius 3 is 2.62 bits per heavy atom. The van der Waals surface area contributed by atoms with Crippen molar-refractivity contribution in [1.29, 1.82) is 0 Å². The SMILES string of the molecule is NC(=O)C1CC(=O)N(CCNc2ccc([N+](=O)[O-])cc2)C1. The van der Waals surface area contributed by atoms with E-state index >= 15 is 0 Å². The molecule has 1 saturated heterocycles. The third kappa shape index (κ3) is 3.68. The van der Waals surface area contributed by atoms with Gasteiger partial charge in [0.15, 0.2) is 0 Å². The molecule has 1 aliphatic heterocycles. The number of nitrogens with two attached hydrogens (primary N) is 1. The van der Waals surface area contributed by atoms with E-state index in [1.54, 1.807) is 17.0 Å². The van der Waals surface area contributed by atoms with Crippen molar-refractivity contribution in [2.24, 2.45) is 11.7 Å². The molecular weight excluding hydrogens is 276 g/mol. The number of hydrogen-bond acceptors (Lipinski definition) is 5. The Balaban J connectivity index is 1.80. The van der Waals surface area contributed by atoms with Crippen LogP contribution in [0, 0.1) is 16.0 Å². The van der Waals surface area contributed by atoms with E-state index in [0.717, 1.165) is 5.69 Å². The number of nitro groups is 1. The average Bonchev–Trinajstić information content (AvgIpc) is 2.81. The van der Waals surface area contributed by atoms with Crippen LogP contribution in [0.1, 0.15) is 6.42 Å². The Hall–Kier alpha value is -2.64. The Kier molecular flexibility index (Phi) is 4.36. The molecule has 112 valence electrons. The summed E-state index contributed by atoms with van der Waals surface area (Å²) in [6, 6.07) is 6.03. The number of hydrogen-bond donors (Lipinski definition) is 2. The highest BCUT2D eigenvalue weighted by Gasteiger charge is 2.32. The number of benzene rings is 1. The van der Waals surface area contributed by atoms with Gasteiger partial charge in [-0.3, -0.25) is 19.7 Å². The first-order valence-electron chi connectivity index (χ1n) is 6.53. The van der Waals surface area contributed by atoms with Crippen molar-refractivity contribution < 1.29 is 14.5 Å². The van der Waals surface area contributed by atoms with Crippen LogP contribution in [0.4, 0.5) is 11.4 Å². The minimum atomic E-state index is -0.462. The van der Waals surface area contributed by atoms with Crippen LogP contribution < -0.4 is 11.1 Å². The molecule has 1 unspecified atom stereocenters. The molecule has 1 fully saturated rings. The van der Waals surface area contributed by atoms with Crippen LogP contribution >= 0.6 is 0 Å². The van der Waals surface area contributed by atoms with Gasteiger partial charge in [-0.2, -0.15) is 0 Å². The summed E-state index contributed by atoms with van der Waals surface area (Å²) in [6.45, 7) is 1.31. The van der Waals surface area contributed by atoms with Crippen molar-refractivity contribution in [3.63, 3.8) is 0 Å². The average molecular weight is 292 g/mol. The fourth-order valence-electron chi connectivity index (χ4n) is 2.22. The van der Waals surface area contributed by atoms with Crippen LogP contribution in [0.15, 0.2) is 24.3 Å². The maximum atomic E-state index is 11.7. The summed E-state index contributed by atoms with van der Waals surface area (Å²) < 4.78 is 0. The van der Waals surface area contributed by atoms with Crippen molar-refractivity contribution in [3.05, 3.63) is 34.4 Å². The highest BCUT2D eigenvalue weighted by molar-refractivity contribution is 5.88. The lowest BCUT2D eigenvalue weighted by Gasteiger charge is -2.16. The van der Waals surface area contributed by atoms with Crippen molar-refractivity contribution in [2.75, 3.05) is 25.0 Å². The second kappa shape index (κ2) is 6.21. The van der Waals surface area contributed by atoms with E-state index in [0.29, 0.717) is 19.6 Å². The zero-order valence-corrected chi connectivity index (χ0v) is 11.3. The first kappa shape index (κ1) is 14.8. The minimum absolute atomic E-state index is 0.0274. The number of carbonyl (C=O) groups is 2. The van der Waals surface area contributed by atoms with Crippen LogP contribution in [-0.4, -0.2) is 41.3 Å². The monoisotopic (exact) mass is 292 g/mol. The Labute approximate surface area is 121 Å². The van der Waals surface area contributed by atoms with Crippen LogP contribution in [0.3, 0.4) is 0 Å². The maximum Gasteiger partial charge on any atom is 0.269 e. The number of carbonyl (C=O) groups excluding carboxylic acids is 2. The summed E-state index contributed by atoms with van der Waals surface area (Å²) in [5.41, 5.74) is 5.95. The highest BCUT2D eigenvalue weighted by Crippen LogP contribution is 2.18. The molecule has 0 saturated carbocycles. The molecule has 1 aromatic carbocycles. The van der Waals surface area contributed by atoms with E-state index < -0.39 is 16.7 Å². The number of rotatable bonds is 6. The highest BCUT2D eigenvalue weighted by atomic mass is 16.6. The molecule has 1 heterocycles. The zero-order valence-electron chi connectivity index (χ0n) is 11.3. The third-order valence-electron chi connectivity index (χ3n) is 3.41. The second-order valence-electron chi connectivity index (χ2n) is 4.87. The quantitative estimate of drug-likeness (QED) is 0.579. The molecule has 8 nitrogen and oxygen atoms in total. The molecule has 1 aromatic rings. The van der Waals surface area contributed by atoms with Crippen LogP contribution in [-0.2, 0) is 9.59 Å². The van der Waals surface area contributed by atoms with Gasteiger partial charge in [0.2, 0.25) is 11.8 Å². The number of nitrogens with zero attached hydrogens (tertiary/aromatic N) is 2. The van der Waals surface area contributed by atoms with E-state index in [4.69, 9.17) is 5.73 Å². The number of likely N-dealkylation sites (tertiary alicyclic amines) is 1. The summed E-state index contributed by atoms with van der Waals surface area (Å²) in [5, 5.41) is 13.6. The van der Waals surface area contributed by atoms with Crippen LogP contribution in [0.25, 0.3) is 0 Å². The number of anilines is 1. The fraction of sp³-hybridized carbons (Fsp3) is 0.385. The standard InChI is InChI=1S/C13H16N4O4/c14-13(19)9-7-12(18)16(8-9)6-5-15-10-1-3-11(4-2-10)17(20)21/h1-4,9,15H,5-8H2,(H2,14,19). The number of nitro benzene ring substituents is 1. The lowest BCUT2D eigenvalue weighted by Crippen LogP contribution is -2.32. The van der Waals surface area contributed by atoms with Crippen molar-refractivity contribution in [3.8, 4) is 0 Å². The van der Waals surface area contributed by atoms with Gasteiger partial charge in [0.25, 0.3) is 5.69 Å². The van der Waals surface area contributed by atoms with Gasteiger partial charge >= 0.3 is 0 Å². The molecule has 2 amide bonds. The molecule has 3 N–H and O–H groups in total. The van der Waals surface area contributed by atoms with Crippen molar-refractivity contribution >= 4 is 23.2 Å². The van der Waals surface area contributed by atoms with Gasteiger partial charge in [-0.25, -0.2) is 0 Å². The summed E-state index contributed by atoms with van der Waals surface area (Å²) in [5.74, 6) is -0.935. The van der Waals surface area contributed by atoms with E-state index in [9.17, 15) is 19.7 Å². The Bertz CT molecular complexity index is 558. The molecule has 0 radical (unpaired) electrons. The third-order valence-corrected chi connectivity index (χ3v) is 3.41. The molecule has 1 atom stereocenters. The van der Waals surface area contributed by atoms with Crippen LogP contribution in [0.5, 0.6) is 0 Å². The molecule has 0 aliphatic carbocycles. The summed E-state index contributed by atoms with van der Waals surface area (Å²) in [7, 11) is 0. The van der Waals surface area contributed by atoms with E-state index in [-0.39, 0.29) is 18.0 Å². The largest absolute Gasteiger partial charge is 0.383 e. The number of primary amides is 1. The van der Waals surface area contributed by atoms with Crippen LogP contribution in [0.2, 0.25) is 0 Å². The lowest BCUT2D eigenvalue weighted by atomic mass is 10.1. The number of nitrogens with one attached hydrogen (secondary N) is 1. The smallest absolute Gasteiger partial charge is 0.269 e. The van der Waals surface area contributed by atoms with Gasteiger partial charge in [-0.1, -0.05) is 0 Å². The molecule has 8 heteroatoms. The number of non-ortho nitro benzene ring substituents is 1. The topological polar surface area (TPSA) is 119 Å². The Morgan fingerprint density at radius 1 is 1.43 bits per heavy atom. The molecule has 21 heavy (non-hydrogen) atoms. The first-order chi connectivity index (χ1) is 9.97. The maximum absolute atomic E-state index is 11.7. The summed E-state index contributed by atoms with van der Waals surface area (Å²) in [6.07, 6.45) is 0.173. The second-order valence-corrected chi connectivity index (χ2v) is 4.87. The zero-order chi connectivity index (χ0) is 15.4. The molecule has 0 spiro atoms. The molecule has 0 bridgehead atoms. The van der Waals surface area contributed by atoms with Crippen molar-refractivity contribution in [2.45, 2.75) is 6.42 Å². The predicted octanol–water partition coefficient (Wildman–Crippen LogP) is 0.340. The first-order valence-corrected chi connectivity index (χ1v) is 6.53. The van der Waals surface area contributed by atoms with Gasteiger partial charge in [0.05, 0.1) is 10.8 Å².